The Morgan fingerprint density at radius 2 is 2.00 bits per heavy atom. The van der Waals surface area contributed by atoms with E-state index in [1.54, 1.807) is 18.2 Å². The first-order chi connectivity index (χ1) is 9.97. The van der Waals surface area contributed by atoms with Crippen LogP contribution in [0.5, 0.6) is 5.75 Å². The van der Waals surface area contributed by atoms with Gasteiger partial charge in [-0.15, -0.1) is 12.4 Å². The number of anilines is 1. The lowest BCUT2D eigenvalue weighted by Gasteiger charge is -2.14. The molecule has 0 bridgehead atoms. The van der Waals surface area contributed by atoms with Crippen LogP contribution >= 0.6 is 12.4 Å². The average Bonchev–Trinajstić information content (AvgIpc) is 2.47. The van der Waals surface area contributed by atoms with Crippen molar-refractivity contribution in [3.63, 3.8) is 0 Å². The number of nitrogens with one attached hydrogen (secondary N) is 1. The van der Waals surface area contributed by atoms with Crippen LogP contribution in [0.4, 0.5) is 5.69 Å². The van der Waals surface area contributed by atoms with E-state index in [1.165, 1.54) is 14.2 Å². The van der Waals surface area contributed by atoms with Crippen LogP contribution in [-0.4, -0.2) is 45.4 Å². The largest absolute Gasteiger partial charge is 0.482 e. The van der Waals surface area contributed by atoms with Crippen molar-refractivity contribution in [1.82, 2.24) is 0 Å². The lowest BCUT2D eigenvalue weighted by Crippen LogP contribution is -2.39. The van der Waals surface area contributed by atoms with E-state index in [1.807, 2.05) is 6.92 Å². The molecule has 3 N–H and O–H groups in total. The first-order valence-corrected chi connectivity index (χ1v) is 6.33. The van der Waals surface area contributed by atoms with Gasteiger partial charge in [0, 0.05) is 12.8 Å². The molecule has 1 aromatic rings. The van der Waals surface area contributed by atoms with Crippen molar-refractivity contribution in [3.05, 3.63) is 23.8 Å². The zero-order valence-electron chi connectivity index (χ0n) is 12.8. The predicted octanol–water partition coefficient (Wildman–Crippen LogP) is 0.881. The van der Waals surface area contributed by atoms with Gasteiger partial charge in [0.2, 0.25) is 5.91 Å². The Kier molecular flexibility index (Phi) is 9.16. The molecule has 0 radical (unpaired) electrons. The molecule has 1 unspecified atom stereocenters. The smallest absolute Gasteiger partial charge is 0.343 e. The predicted molar refractivity (Wildman–Crippen MR) is 84.4 cm³/mol. The normalized spacial score (nSPS) is 11.1. The molecular formula is C14H21ClN2O5. The minimum absolute atomic E-state index is 0. The summed E-state index contributed by atoms with van der Waals surface area (Å²) < 4.78 is 14.6. The third-order valence-corrected chi connectivity index (χ3v) is 2.72. The van der Waals surface area contributed by atoms with E-state index in [4.69, 9.17) is 15.2 Å². The fourth-order valence-electron chi connectivity index (χ4n) is 1.55. The van der Waals surface area contributed by atoms with E-state index in [-0.39, 0.29) is 31.5 Å². The van der Waals surface area contributed by atoms with Gasteiger partial charge in [-0.1, -0.05) is 0 Å². The van der Waals surface area contributed by atoms with E-state index in [9.17, 15) is 9.59 Å². The third kappa shape index (κ3) is 6.30. The van der Waals surface area contributed by atoms with Gasteiger partial charge in [-0.3, -0.25) is 4.79 Å². The van der Waals surface area contributed by atoms with Crippen molar-refractivity contribution in [1.29, 1.82) is 0 Å². The van der Waals surface area contributed by atoms with Gasteiger partial charge < -0.3 is 25.3 Å². The van der Waals surface area contributed by atoms with Gasteiger partial charge in [-0.05, 0) is 30.7 Å². The molecule has 0 aliphatic carbocycles. The zero-order valence-corrected chi connectivity index (χ0v) is 13.6. The molecule has 22 heavy (non-hydrogen) atoms. The van der Waals surface area contributed by atoms with Gasteiger partial charge in [0.25, 0.3) is 0 Å². The summed E-state index contributed by atoms with van der Waals surface area (Å²) in [5, 5.41) is 2.71. The Balaban J connectivity index is 0.00000441. The van der Waals surface area contributed by atoms with Crippen LogP contribution in [0, 0.1) is 6.92 Å². The zero-order chi connectivity index (χ0) is 15.8. The highest BCUT2D eigenvalue weighted by molar-refractivity contribution is 5.95. The number of halogens is 1. The van der Waals surface area contributed by atoms with Gasteiger partial charge in [0.15, 0.2) is 6.61 Å². The van der Waals surface area contributed by atoms with Crippen LogP contribution in [0.2, 0.25) is 0 Å². The molecule has 0 heterocycles. The van der Waals surface area contributed by atoms with Crippen LogP contribution < -0.4 is 15.8 Å². The van der Waals surface area contributed by atoms with Crippen molar-refractivity contribution in [2.45, 2.75) is 13.0 Å². The van der Waals surface area contributed by atoms with Crippen LogP contribution in [0.25, 0.3) is 0 Å². The summed E-state index contributed by atoms with van der Waals surface area (Å²) >= 11 is 0. The number of methoxy groups -OCH3 is 2. The summed E-state index contributed by atoms with van der Waals surface area (Å²) in [7, 11) is 2.77. The van der Waals surface area contributed by atoms with Crippen molar-refractivity contribution >= 4 is 30.0 Å². The maximum absolute atomic E-state index is 11.8. The number of ether oxygens (including phenoxy) is 3. The SMILES string of the molecule is COCC(N)C(=O)Nc1ccc(OCC(=O)OC)cc1C.Cl. The lowest BCUT2D eigenvalue weighted by atomic mass is 10.2. The summed E-state index contributed by atoms with van der Waals surface area (Å²) in [4.78, 5) is 22.8. The summed E-state index contributed by atoms with van der Waals surface area (Å²) in [6, 6.07) is 4.30. The number of nitrogens with two attached hydrogens (primary N) is 1. The van der Waals surface area contributed by atoms with Gasteiger partial charge in [0.1, 0.15) is 11.8 Å². The van der Waals surface area contributed by atoms with Crippen LogP contribution in [0.3, 0.4) is 0 Å². The maximum Gasteiger partial charge on any atom is 0.343 e. The fraction of sp³-hybridized carbons (Fsp3) is 0.429. The molecule has 1 amide bonds. The second kappa shape index (κ2) is 9.99. The second-order valence-electron chi connectivity index (χ2n) is 4.39. The monoisotopic (exact) mass is 332 g/mol. The minimum Gasteiger partial charge on any atom is -0.482 e. The molecular weight excluding hydrogens is 312 g/mol. The van der Waals surface area contributed by atoms with Gasteiger partial charge in [-0.2, -0.15) is 0 Å². The molecule has 7 nitrogen and oxygen atoms in total. The molecule has 0 aromatic heterocycles. The summed E-state index contributed by atoms with van der Waals surface area (Å²) in [6.07, 6.45) is 0. The van der Waals surface area contributed by atoms with Gasteiger partial charge in [-0.25, -0.2) is 4.79 Å². The lowest BCUT2D eigenvalue weighted by molar-refractivity contribution is -0.142. The van der Waals surface area contributed by atoms with E-state index in [0.717, 1.165) is 5.56 Å². The number of amides is 1. The van der Waals surface area contributed by atoms with E-state index >= 15 is 0 Å². The number of carbonyl (C=O) groups excluding carboxylic acids is 2. The summed E-state index contributed by atoms with van der Waals surface area (Å²) in [5.74, 6) is -0.282. The van der Waals surface area contributed by atoms with Crippen molar-refractivity contribution in [3.8, 4) is 5.75 Å². The Hall–Kier alpha value is -1.83. The molecule has 1 aromatic carbocycles. The number of hydrogen-bond acceptors (Lipinski definition) is 6. The first-order valence-electron chi connectivity index (χ1n) is 6.33. The van der Waals surface area contributed by atoms with Crippen molar-refractivity contribution in [2.24, 2.45) is 5.73 Å². The van der Waals surface area contributed by atoms with Crippen LogP contribution in [-0.2, 0) is 19.1 Å². The maximum atomic E-state index is 11.8. The van der Waals surface area contributed by atoms with E-state index in [2.05, 4.69) is 10.1 Å². The molecule has 124 valence electrons. The molecule has 0 spiro atoms. The quantitative estimate of drug-likeness (QED) is 0.719. The van der Waals surface area contributed by atoms with Gasteiger partial charge >= 0.3 is 5.97 Å². The summed E-state index contributed by atoms with van der Waals surface area (Å²) in [6.45, 7) is 1.79. The average molecular weight is 333 g/mol. The molecule has 1 atom stereocenters. The summed E-state index contributed by atoms with van der Waals surface area (Å²) in [5.41, 5.74) is 7.05. The highest BCUT2D eigenvalue weighted by Crippen LogP contribution is 2.21. The van der Waals surface area contributed by atoms with Crippen molar-refractivity contribution in [2.75, 3.05) is 32.8 Å². The first kappa shape index (κ1) is 20.2. The highest BCUT2D eigenvalue weighted by Gasteiger charge is 2.14. The third-order valence-electron chi connectivity index (χ3n) is 2.72. The Morgan fingerprint density at radius 1 is 1.32 bits per heavy atom. The molecule has 0 aliphatic rings. The molecule has 0 saturated carbocycles. The minimum atomic E-state index is -0.732. The number of aryl methyl sites for hydroxylation is 1. The van der Waals surface area contributed by atoms with Crippen LogP contribution in [0.1, 0.15) is 5.56 Å². The molecule has 0 fully saturated rings. The highest BCUT2D eigenvalue weighted by atomic mass is 35.5. The van der Waals surface area contributed by atoms with E-state index in [0.29, 0.717) is 11.4 Å². The number of benzene rings is 1. The Morgan fingerprint density at radius 3 is 2.55 bits per heavy atom. The van der Waals surface area contributed by atoms with Crippen LogP contribution in [0.15, 0.2) is 18.2 Å². The second-order valence-corrected chi connectivity index (χ2v) is 4.39. The molecule has 1 rings (SSSR count). The number of hydrogen-bond donors (Lipinski definition) is 2. The van der Waals surface area contributed by atoms with Gasteiger partial charge in [0.05, 0.1) is 13.7 Å². The number of rotatable bonds is 7. The topological polar surface area (TPSA) is 99.9 Å². The fourth-order valence-corrected chi connectivity index (χ4v) is 1.55. The number of esters is 1. The Labute approximate surface area is 135 Å². The number of carbonyl (C=O) groups is 2. The molecule has 8 heteroatoms. The molecule has 0 saturated heterocycles. The molecule has 0 aliphatic heterocycles. The van der Waals surface area contributed by atoms with Crippen molar-refractivity contribution < 1.29 is 23.8 Å². The van der Waals surface area contributed by atoms with E-state index < -0.39 is 12.0 Å². The standard InChI is InChI=1S/C14H20N2O5.ClH/c1-9-6-10(21-8-13(17)20-3)4-5-12(9)16-14(18)11(15)7-19-2;/h4-6,11H,7-8,15H2,1-3H3,(H,16,18);1H. The Bertz CT molecular complexity index is 510.